The van der Waals surface area contributed by atoms with Crippen molar-refractivity contribution in [2.75, 3.05) is 23.8 Å². The van der Waals surface area contributed by atoms with E-state index in [0.29, 0.717) is 22.7 Å². The number of ether oxygens (including phenoxy) is 1. The van der Waals surface area contributed by atoms with Gasteiger partial charge in [0, 0.05) is 11.4 Å². The molecule has 1 aliphatic heterocycles. The van der Waals surface area contributed by atoms with Crippen LogP contribution in [0.1, 0.15) is 11.1 Å². The molecule has 0 spiro atoms. The van der Waals surface area contributed by atoms with Crippen molar-refractivity contribution in [3.05, 3.63) is 94.6 Å². The summed E-state index contributed by atoms with van der Waals surface area (Å²) in [5.74, 6) is -1.41. The van der Waals surface area contributed by atoms with Gasteiger partial charge in [-0.05, 0) is 78.9 Å². The van der Waals surface area contributed by atoms with E-state index in [1.807, 2.05) is 19.1 Å². The standard InChI is InChI=1S/C27H22FN3O5S/c1-17-2-8-20(9-3-17)29-24(32)15-31-26(34)23(37-27(31)35)14-18-4-12-22(13-5-18)36-16-25(33)30-21-10-6-19(28)7-11-21/h2-14H,15-16H2,1H3,(H,29,32)(H,30,33)/b23-14-. The van der Waals surface area contributed by atoms with Crippen molar-refractivity contribution in [1.82, 2.24) is 4.90 Å². The molecule has 188 valence electrons. The zero-order chi connectivity index (χ0) is 26.4. The normalized spacial score (nSPS) is 14.1. The lowest BCUT2D eigenvalue weighted by atomic mass is 10.2. The topological polar surface area (TPSA) is 105 Å². The van der Waals surface area contributed by atoms with Gasteiger partial charge >= 0.3 is 0 Å². The van der Waals surface area contributed by atoms with E-state index in [9.17, 15) is 23.6 Å². The molecule has 0 aliphatic carbocycles. The second-order valence-electron chi connectivity index (χ2n) is 8.09. The van der Waals surface area contributed by atoms with Gasteiger partial charge < -0.3 is 15.4 Å². The second-order valence-corrected chi connectivity index (χ2v) is 9.09. The quantitative estimate of drug-likeness (QED) is 0.413. The van der Waals surface area contributed by atoms with Gasteiger partial charge in [0.2, 0.25) is 5.91 Å². The van der Waals surface area contributed by atoms with Gasteiger partial charge in [-0.25, -0.2) is 4.39 Å². The first-order valence-electron chi connectivity index (χ1n) is 11.2. The number of aryl methyl sites for hydroxylation is 1. The van der Waals surface area contributed by atoms with E-state index in [1.165, 1.54) is 24.3 Å². The largest absolute Gasteiger partial charge is 0.484 e. The van der Waals surface area contributed by atoms with E-state index < -0.39 is 28.8 Å². The predicted molar refractivity (Wildman–Crippen MR) is 139 cm³/mol. The number of hydrogen-bond donors (Lipinski definition) is 2. The van der Waals surface area contributed by atoms with Crippen molar-refractivity contribution in [3.63, 3.8) is 0 Å². The SMILES string of the molecule is Cc1ccc(NC(=O)CN2C(=O)S/C(=C\c3ccc(OCC(=O)Nc4ccc(F)cc4)cc3)C2=O)cc1. The summed E-state index contributed by atoms with van der Waals surface area (Å²) in [5.41, 5.74) is 2.71. The number of carbonyl (C=O) groups excluding carboxylic acids is 4. The van der Waals surface area contributed by atoms with Crippen LogP contribution in [0.3, 0.4) is 0 Å². The number of rotatable bonds is 8. The summed E-state index contributed by atoms with van der Waals surface area (Å²) in [7, 11) is 0. The Morgan fingerprint density at radius 2 is 1.49 bits per heavy atom. The van der Waals surface area contributed by atoms with Gasteiger partial charge in [0.05, 0.1) is 4.91 Å². The lowest BCUT2D eigenvalue weighted by molar-refractivity contribution is -0.127. The zero-order valence-electron chi connectivity index (χ0n) is 19.7. The Bertz CT molecular complexity index is 1360. The second kappa shape index (κ2) is 11.5. The minimum atomic E-state index is -0.549. The summed E-state index contributed by atoms with van der Waals surface area (Å²) in [6, 6.07) is 19.1. The number of thioether (sulfide) groups is 1. The Balaban J connectivity index is 1.30. The molecule has 1 fully saturated rings. The Labute approximate surface area is 216 Å². The van der Waals surface area contributed by atoms with Gasteiger partial charge in [-0.2, -0.15) is 0 Å². The van der Waals surface area contributed by atoms with Gasteiger partial charge in [0.15, 0.2) is 6.61 Å². The maximum Gasteiger partial charge on any atom is 0.294 e. The fourth-order valence-electron chi connectivity index (χ4n) is 3.31. The van der Waals surface area contributed by atoms with Crippen LogP contribution in [0, 0.1) is 12.7 Å². The summed E-state index contributed by atoms with van der Waals surface area (Å²) in [5, 5.41) is 4.74. The van der Waals surface area contributed by atoms with Crippen molar-refractivity contribution >= 4 is 52.2 Å². The van der Waals surface area contributed by atoms with Crippen molar-refractivity contribution in [2.45, 2.75) is 6.92 Å². The highest BCUT2D eigenvalue weighted by Crippen LogP contribution is 2.32. The van der Waals surface area contributed by atoms with Crippen LogP contribution in [-0.4, -0.2) is 41.0 Å². The molecule has 0 bridgehead atoms. The van der Waals surface area contributed by atoms with Crippen molar-refractivity contribution in [2.24, 2.45) is 0 Å². The molecule has 3 aromatic carbocycles. The third kappa shape index (κ3) is 7.05. The number of benzene rings is 3. The fraction of sp³-hybridized carbons (Fsp3) is 0.111. The third-order valence-corrected chi connectivity index (χ3v) is 6.09. The molecule has 4 rings (SSSR count). The molecule has 0 atom stereocenters. The van der Waals surface area contributed by atoms with E-state index in [0.717, 1.165) is 22.2 Å². The molecule has 3 aromatic rings. The van der Waals surface area contributed by atoms with Gasteiger partial charge in [0.25, 0.3) is 17.1 Å². The van der Waals surface area contributed by atoms with Crippen molar-refractivity contribution in [1.29, 1.82) is 0 Å². The molecule has 1 saturated heterocycles. The predicted octanol–water partition coefficient (Wildman–Crippen LogP) is 4.83. The minimum absolute atomic E-state index is 0.195. The maximum atomic E-state index is 13.0. The number of amides is 4. The molecular weight excluding hydrogens is 497 g/mol. The van der Waals surface area contributed by atoms with Crippen molar-refractivity contribution < 1.29 is 28.3 Å². The molecule has 0 saturated carbocycles. The summed E-state index contributed by atoms with van der Waals surface area (Å²) in [4.78, 5) is 50.5. The van der Waals surface area contributed by atoms with Crippen LogP contribution in [0.5, 0.6) is 5.75 Å². The molecule has 2 N–H and O–H groups in total. The Morgan fingerprint density at radius 3 is 2.14 bits per heavy atom. The Kier molecular flexibility index (Phi) is 7.99. The van der Waals surface area contributed by atoms with Crippen LogP contribution in [0.4, 0.5) is 20.6 Å². The molecular formula is C27H22FN3O5S. The molecule has 8 nitrogen and oxygen atoms in total. The lowest BCUT2D eigenvalue weighted by Gasteiger charge is -2.12. The smallest absolute Gasteiger partial charge is 0.294 e. The third-order valence-electron chi connectivity index (χ3n) is 5.19. The lowest BCUT2D eigenvalue weighted by Crippen LogP contribution is -2.36. The zero-order valence-corrected chi connectivity index (χ0v) is 20.5. The molecule has 1 aliphatic rings. The highest BCUT2D eigenvalue weighted by atomic mass is 32.2. The highest BCUT2D eigenvalue weighted by molar-refractivity contribution is 8.18. The minimum Gasteiger partial charge on any atom is -0.484 e. The number of nitrogens with one attached hydrogen (secondary N) is 2. The van der Waals surface area contributed by atoms with Gasteiger partial charge in [0.1, 0.15) is 18.1 Å². The summed E-state index contributed by atoms with van der Waals surface area (Å²) in [6.07, 6.45) is 1.55. The fourth-order valence-corrected chi connectivity index (χ4v) is 4.15. The van der Waals surface area contributed by atoms with E-state index >= 15 is 0 Å². The number of nitrogens with zero attached hydrogens (tertiary/aromatic N) is 1. The first-order valence-corrected chi connectivity index (χ1v) is 12.0. The van der Waals surface area contributed by atoms with E-state index in [2.05, 4.69) is 10.6 Å². The Hall–Kier alpha value is -4.44. The average Bonchev–Trinajstić information content (AvgIpc) is 3.13. The molecule has 10 heteroatoms. The molecule has 37 heavy (non-hydrogen) atoms. The van der Waals surface area contributed by atoms with Crippen molar-refractivity contribution in [3.8, 4) is 5.75 Å². The van der Waals surface area contributed by atoms with Gasteiger partial charge in [-0.1, -0.05) is 29.8 Å². The van der Waals surface area contributed by atoms with Gasteiger partial charge in [-0.3, -0.25) is 24.1 Å². The van der Waals surface area contributed by atoms with Crippen LogP contribution in [-0.2, 0) is 14.4 Å². The number of anilines is 2. The first kappa shape index (κ1) is 25.6. The Morgan fingerprint density at radius 1 is 0.892 bits per heavy atom. The number of imide groups is 1. The molecule has 1 heterocycles. The average molecular weight is 520 g/mol. The number of carbonyl (C=O) groups is 4. The first-order chi connectivity index (χ1) is 17.8. The number of hydrogen-bond acceptors (Lipinski definition) is 6. The van der Waals surface area contributed by atoms with Crippen LogP contribution in [0.25, 0.3) is 6.08 Å². The molecule has 0 unspecified atom stereocenters. The monoisotopic (exact) mass is 519 g/mol. The number of halogens is 1. The van der Waals surface area contributed by atoms with Crippen LogP contribution >= 0.6 is 11.8 Å². The van der Waals surface area contributed by atoms with E-state index in [1.54, 1.807) is 42.5 Å². The molecule has 0 radical (unpaired) electrons. The molecule has 0 aromatic heterocycles. The summed E-state index contributed by atoms with van der Waals surface area (Å²) >= 11 is 0.758. The summed E-state index contributed by atoms with van der Waals surface area (Å²) in [6.45, 7) is 1.29. The van der Waals surface area contributed by atoms with Crippen LogP contribution in [0.15, 0.2) is 77.7 Å². The van der Waals surface area contributed by atoms with Crippen LogP contribution in [0.2, 0.25) is 0 Å². The maximum absolute atomic E-state index is 13.0. The molecule has 4 amide bonds. The highest BCUT2D eigenvalue weighted by Gasteiger charge is 2.36. The van der Waals surface area contributed by atoms with Crippen LogP contribution < -0.4 is 15.4 Å². The van der Waals surface area contributed by atoms with E-state index in [4.69, 9.17) is 4.74 Å². The van der Waals surface area contributed by atoms with Gasteiger partial charge in [-0.15, -0.1) is 0 Å². The van der Waals surface area contributed by atoms with E-state index in [-0.39, 0.29) is 18.1 Å². The summed E-state index contributed by atoms with van der Waals surface area (Å²) < 4.78 is 18.4.